The van der Waals surface area contributed by atoms with Crippen molar-refractivity contribution in [2.45, 2.75) is 38.8 Å². The second-order valence-corrected chi connectivity index (χ2v) is 4.15. The van der Waals surface area contributed by atoms with Crippen LogP contribution in [0.4, 0.5) is 0 Å². The lowest BCUT2D eigenvalue weighted by molar-refractivity contribution is -0.123. The van der Waals surface area contributed by atoms with Crippen LogP contribution in [0.3, 0.4) is 0 Å². The van der Waals surface area contributed by atoms with Gasteiger partial charge in [-0.05, 0) is 18.8 Å². The van der Waals surface area contributed by atoms with Gasteiger partial charge in [0.1, 0.15) is 0 Å². The van der Waals surface area contributed by atoms with E-state index in [1.54, 1.807) is 6.08 Å². The van der Waals surface area contributed by atoms with Crippen LogP contribution in [-0.2, 0) is 4.79 Å². The van der Waals surface area contributed by atoms with E-state index in [1.165, 1.54) is 0 Å². The van der Waals surface area contributed by atoms with E-state index >= 15 is 0 Å². The summed E-state index contributed by atoms with van der Waals surface area (Å²) in [6.45, 7) is 7.55. The number of hydrogen-bond acceptors (Lipinski definition) is 3. The fourth-order valence-corrected chi connectivity index (χ4v) is 1.34. The van der Waals surface area contributed by atoms with Crippen molar-refractivity contribution in [3.63, 3.8) is 0 Å². The van der Waals surface area contributed by atoms with E-state index in [9.17, 15) is 4.79 Å². The zero-order valence-electron chi connectivity index (χ0n) is 9.57. The zero-order valence-corrected chi connectivity index (χ0v) is 9.57. The first kappa shape index (κ1) is 14.1. The predicted molar refractivity (Wildman–Crippen MR) is 61.3 cm³/mol. The lowest BCUT2D eigenvalue weighted by Gasteiger charge is -2.20. The van der Waals surface area contributed by atoms with E-state index in [0.717, 1.165) is 6.42 Å². The average Bonchev–Trinajstić information content (AvgIpc) is 2.16. The van der Waals surface area contributed by atoms with E-state index in [-0.39, 0.29) is 18.6 Å². The fraction of sp³-hybridized carbons (Fsp3) is 0.727. The summed E-state index contributed by atoms with van der Waals surface area (Å²) in [6.07, 6.45) is 2.81. The number of amides is 1. The molecule has 0 rings (SSSR count). The number of nitrogens with one attached hydrogen (secondary N) is 1. The molecule has 0 saturated carbocycles. The maximum Gasteiger partial charge on any atom is 0.237 e. The van der Waals surface area contributed by atoms with E-state index < -0.39 is 6.04 Å². The highest BCUT2D eigenvalue weighted by Gasteiger charge is 2.17. The molecular weight excluding hydrogens is 192 g/mol. The SMILES string of the molecule is C=CCC(N)C(=O)NC(CO)CC(C)C. The number of rotatable bonds is 7. The third-order valence-electron chi connectivity index (χ3n) is 2.08. The molecule has 2 unspecified atom stereocenters. The van der Waals surface area contributed by atoms with Crippen LogP contribution in [-0.4, -0.2) is 29.7 Å². The minimum Gasteiger partial charge on any atom is -0.394 e. The standard InChI is InChI=1S/C11H22N2O2/c1-4-5-10(12)11(15)13-9(7-14)6-8(2)3/h4,8-10,14H,1,5-7,12H2,2-3H3,(H,13,15). The van der Waals surface area contributed by atoms with Crippen LogP contribution in [0.1, 0.15) is 26.7 Å². The molecule has 0 aromatic carbocycles. The molecule has 2 atom stereocenters. The molecule has 0 spiro atoms. The third kappa shape index (κ3) is 6.25. The lowest BCUT2D eigenvalue weighted by atomic mass is 10.0. The van der Waals surface area contributed by atoms with Crippen LogP contribution in [0.15, 0.2) is 12.7 Å². The second kappa shape index (κ2) is 7.43. The van der Waals surface area contributed by atoms with Crippen molar-refractivity contribution in [3.8, 4) is 0 Å². The van der Waals surface area contributed by atoms with Crippen LogP contribution >= 0.6 is 0 Å². The monoisotopic (exact) mass is 214 g/mol. The molecular formula is C11H22N2O2. The maximum absolute atomic E-state index is 11.5. The van der Waals surface area contributed by atoms with Crippen molar-refractivity contribution < 1.29 is 9.90 Å². The Labute approximate surface area is 91.5 Å². The Kier molecular flexibility index (Phi) is 6.99. The highest BCUT2D eigenvalue weighted by Crippen LogP contribution is 2.04. The third-order valence-corrected chi connectivity index (χ3v) is 2.08. The molecule has 15 heavy (non-hydrogen) atoms. The van der Waals surface area contributed by atoms with E-state index in [4.69, 9.17) is 10.8 Å². The van der Waals surface area contributed by atoms with Gasteiger partial charge in [0.2, 0.25) is 5.91 Å². The topological polar surface area (TPSA) is 75.4 Å². The first-order valence-corrected chi connectivity index (χ1v) is 5.29. The lowest BCUT2D eigenvalue weighted by Crippen LogP contribution is -2.46. The summed E-state index contributed by atoms with van der Waals surface area (Å²) in [5, 5.41) is 11.8. The van der Waals surface area contributed by atoms with Gasteiger partial charge in [0.25, 0.3) is 0 Å². The van der Waals surface area contributed by atoms with Crippen molar-refractivity contribution in [2.24, 2.45) is 11.7 Å². The number of hydrogen-bond donors (Lipinski definition) is 3. The Hall–Kier alpha value is -0.870. The number of carbonyl (C=O) groups excluding carboxylic acids is 1. The minimum absolute atomic E-state index is 0.0509. The molecule has 4 N–H and O–H groups in total. The summed E-state index contributed by atoms with van der Waals surface area (Å²) >= 11 is 0. The van der Waals surface area contributed by atoms with Crippen molar-refractivity contribution in [3.05, 3.63) is 12.7 Å². The molecule has 0 radical (unpaired) electrons. The van der Waals surface area contributed by atoms with Gasteiger partial charge in [0, 0.05) is 0 Å². The van der Waals surface area contributed by atoms with Gasteiger partial charge in [0.15, 0.2) is 0 Å². The largest absolute Gasteiger partial charge is 0.394 e. The van der Waals surface area contributed by atoms with Gasteiger partial charge in [0.05, 0.1) is 18.7 Å². The van der Waals surface area contributed by atoms with Crippen LogP contribution in [0.25, 0.3) is 0 Å². The number of nitrogens with two attached hydrogens (primary N) is 1. The fourth-order valence-electron chi connectivity index (χ4n) is 1.34. The summed E-state index contributed by atoms with van der Waals surface area (Å²) < 4.78 is 0. The van der Waals surface area contributed by atoms with Crippen LogP contribution < -0.4 is 11.1 Å². The molecule has 0 saturated heterocycles. The smallest absolute Gasteiger partial charge is 0.237 e. The molecule has 0 bridgehead atoms. The summed E-state index contributed by atoms with van der Waals surface area (Å²) in [5.41, 5.74) is 5.60. The quantitative estimate of drug-likeness (QED) is 0.537. The van der Waals surface area contributed by atoms with Gasteiger partial charge in [-0.15, -0.1) is 6.58 Å². The van der Waals surface area contributed by atoms with Crippen LogP contribution in [0.5, 0.6) is 0 Å². The predicted octanol–water partition coefficient (Wildman–Crippen LogP) is 0.413. The molecule has 0 aliphatic rings. The molecule has 0 fully saturated rings. The van der Waals surface area contributed by atoms with Gasteiger partial charge in [-0.3, -0.25) is 4.79 Å². The Bertz CT molecular complexity index is 205. The molecule has 0 aliphatic heterocycles. The number of aliphatic hydroxyl groups is 1. The van der Waals surface area contributed by atoms with Gasteiger partial charge in [-0.25, -0.2) is 0 Å². The minimum atomic E-state index is -0.566. The van der Waals surface area contributed by atoms with Crippen molar-refractivity contribution in [1.29, 1.82) is 0 Å². The highest BCUT2D eigenvalue weighted by molar-refractivity contribution is 5.81. The molecule has 1 amide bonds. The zero-order chi connectivity index (χ0) is 11.8. The van der Waals surface area contributed by atoms with E-state index in [2.05, 4.69) is 11.9 Å². The summed E-state index contributed by atoms with van der Waals surface area (Å²) in [7, 11) is 0. The summed E-state index contributed by atoms with van der Waals surface area (Å²) in [4.78, 5) is 11.5. The number of carbonyl (C=O) groups is 1. The van der Waals surface area contributed by atoms with E-state index in [0.29, 0.717) is 12.3 Å². The van der Waals surface area contributed by atoms with Gasteiger partial charge in [-0.2, -0.15) is 0 Å². The van der Waals surface area contributed by atoms with Crippen molar-refractivity contribution in [1.82, 2.24) is 5.32 Å². The summed E-state index contributed by atoms with van der Waals surface area (Å²) in [6, 6.07) is -0.767. The van der Waals surface area contributed by atoms with Crippen molar-refractivity contribution in [2.75, 3.05) is 6.61 Å². The van der Waals surface area contributed by atoms with Gasteiger partial charge >= 0.3 is 0 Å². The maximum atomic E-state index is 11.5. The highest BCUT2D eigenvalue weighted by atomic mass is 16.3. The van der Waals surface area contributed by atoms with Crippen molar-refractivity contribution >= 4 is 5.91 Å². The number of aliphatic hydroxyl groups excluding tert-OH is 1. The Balaban J connectivity index is 4.05. The normalized spacial score (nSPS) is 14.7. The first-order valence-electron chi connectivity index (χ1n) is 5.29. The summed E-state index contributed by atoms with van der Waals surface area (Å²) in [5.74, 6) is 0.202. The van der Waals surface area contributed by atoms with E-state index in [1.807, 2.05) is 13.8 Å². The second-order valence-electron chi connectivity index (χ2n) is 4.15. The average molecular weight is 214 g/mol. The Morgan fingerprint density at radius 3 is 2.60 bits per heavy atom. The molecule has 0 aromatic rings. The molecule has 0 aliphatic carbocycles. The van der Waals surface area contributed by atoms with Crippen LogP contribution in [0.2, 0.25) is 0 Å². The van der Waals surface area contributed by atoms with Gasteiger partial charge < -0.3 is 16.2 Å². The first-order chi connectivity index (χ1) is 7.01. The molecule has 4 nitrogen and oxygen atoms in total. The molecule has 0 aromatic heterocycles. The molecule has 4 heteroatoms. The molecule has 88 valence electrons. The Morgan fingerprint density at radius 1 is 1.60 bits per heavy atom. The van der Waals surface area contributed by atoms with Crippen LogP contribution in [0, 0.1) is 5.92 Å². The Morgan fingerprint density at radius 2 is 2.20 bits per heavy atom. The van der Waals surface area contributed by atoms with Gasteiger partial charge in [-0.1, -0.05) is 19.9 Å². The molecule has 0 heterocycles.